The molecule has 0 unspecified atom stereocenters. The third-order valence-corrected chi connectivity index (χ3v) is 9.86. The minimum Gasteiger partial charge on any atom is -0.505 e. The van der Waals surface area contributed by atoms with Gasteiger partial charge in [0.05, 0.1) is 35.2 Å². The summed E-state index contributed by atoms with van der Waals surface area (Å²) in [4.78, 5) is 15.4. The normalized spacial score (nSPS) is 14.6. The van der Waals surface area contributed by atoms with Crippen molar-refractivity contribution in [2.45, 2.75) is 4.90 Å². The van der Waals surface area contributed by atoms with Crippen LogP contribution in [0.5, 0.6) is 17.2 Å². The number of sulfonamides is 1. The number of hydrogen-bond acceptors (Lipinski definition) is 12. The van der Waals surface area contributed by atoms with Crippen molar-refractivity contribution in [3.63, 3.8) is 0 Å². The van der Waals surface area contributed by atoms with E-state index in [1.165, 1.54) is 23.5 Å². The SMILES string of the molecule is O=S(=O)(Nc1cccc(-c2nc(N3CCOCC3)sc2-c2ccnc(Nc3ccc4c(c3)OCCO4)n2)c1O)c1c(F)cccc1F. The van der Waals surface area contributed by atoms with Crippen LogP contribution in [-0.4, -0.2) is 68.0 Å². The number of rotatable bonds is 8. The standard InChI is InChI=1S/C31H26F2N6O6S2/c32-20-4-2-5-21(33)29(20)47(41,42)38-22-6-1-3-19(27(22)40)26-28(46-31(37-26)39-11-13-43-14-12-39)23-9-10-34-30(36-23)35-18-7-8-24-25(17-18)45-16-15-44-24/h1-10,17,38,40H,11-16H2,(H,34,35,36). The van der Waals surface area contributed by atoms with Gasteiger partial charge in [0, 0.05) is 36.6 Å². The van der Waals surface area contributed by atoms with E-state index in [1.807, 2.05) is 11.0 Å². The predicted molar refractivity (Wildman–Crippen MR) is 171 cm³/mol. The molecule has 0 aliphatic carbocycles. The molecule has 1 fully saturated rings. The van der Waals surface area contributed by atoms with Crippen LogP contribution in [0.4, 0.5) is 31.2 Å². The molecule has 7 rings (SSSR count). The number of aromatic nitrogens is 3. The van der Waals surface area contributed by atoms with Gasteiger partial charge in [-0.25, -0.2) is 32.2 Å². The van der Waals surface area contributed by atoms with Gasteiger partial charge < -0.3 is 29.5 Å². The maximum atomic E-state index is 14.4. The van der Waals surface area contributed by atoms with Crippen LogP contribution < -0.4 is 24.4 Å². The van der Waals surface area contributed by atoms with Gasteiger partial charge in [-0.3, -0.25) is 4.72 Å². The molecule has 0 radical (unpaired) electrons. The van der Waals surface area contributed by atoms with Crippen LogP contribution in [0.1, 0.15) is 0 Å². The van der Waals surface area contributed by atoms with Crippen molar-refractivity contribution in [2.75, 3.05) is 54.5 Å². The molecule has 5 aromatic rings. The first-order valence-electron chi connectivity index (χ1n) is 14.4. The first kappa shape index (κ1) is 30.6. The van der Waals surface area contributed by atoms with Gasteiger partial charge >= 0.3 is 0 Å². The van der Waals surface area contributed by atoms with Gasteiger partial charge in [-0.2, -0.15) is 0 Å². The van der Waals surface area contributed by atoms with E-state index < -0.39 is 32.3 Å². The number of halogens is 2. The highest BCUT2D eigenvalue weighted by molar-refractivity contribution is 7.92. The Kier molecular flexibility index (Phi) is 8.21. The molecule has 3 N–H and O–H groups in total. The Morgan fingerprint density at radius 1 is 0.894 bits per heavy atom. The number of nitrogens with one attached hydrogen (secondary N) is 2. The summed E-state index contributed by atoms with van der Waals surface area (Å²) in [7, 11) is -4.76. The Morgan fingerprint density at radius 2 is 1.64 bits per heavy atom. The van der Waals surface area contributed by atoms with Gasteiger partial charge in [-0.1, -0.05) is 23.5 Å². The number of hydrogen-bond donors (Lipinski definition) is 3. The average molecular weight is 681 g/mol. The number of ether oxygens (including phenoxy) is 3. The lowest BCUT2D eigenvalue weighted by molar-refractivity contribution is 0.122. The number of para-hydroxylation sites is 1. The zero-order valence-corrected chi connectivity index (χ0v) is 26.1. The van der Waals surface area contributed by atoms with E-state index in [0.717, 1.165) is 18.2 Å². The van der Waals surface area contributed by atoms with Crippen LogP contribution in [0.25, 0.3) is 21.8 Å². The van der Waals surface area contributed by atoms with Crippen molar-refractivity contribution < 1.29 is 36.5 Å². The third kappa shape index (κ3) is 6.22. The van der Waals surface area contributed by atoms with Gasteiger partial charge in [-0.05, 0) is 42.5 Å². The molecule has 0 amide bonds. The van der Waals surface area contributed by atoms with Crippen molar-refractivity contribution in [2.24, 2.45) is 0 Å². The van der Waals surface area contributed by atoms with Gasteiger partial charge in [0.25, 0.3) is 10.0 Å². The lowest BCUT2D eigenvalue weighted by Crippen LogP contribution is -2.36. The molecule has 2 aromatic heterocycles. The fourth-order valence-corrected chi connectivity index (χ4v) is 7.41. The Bertz CT molecular complexity index is 2050. The molecular formula is C31H26F2N6O6S2. The van der Waals surface area contributed by atoms with E-state index in [4.69, 9.17) is 24.2 Å². The monoisotopic (exact) mass is 680 g/mol. The molecule has 1 saturated heterocycles. The molecule has 0 saturated carbocycles. The summed E-state index contributed by atoms with van der Waals surface area (Å²) in [5.74, 6) is -1.50. The average Bonchev–Trinajstić information content (AvgIpc) is 3.51. The van der Waals surface area contributed by atoms with Gasteiger partial charge in [0.15, 0.2) is 21.5 Å². The van der Waals surface area contributed by atoms with E-state index in [1.54, 1.807) is 30.5 Å². The number of thiazole rings is 1. The van der Waals surface area contributed by atoms with Gasteiger partial charge in [0.2, 0.25) is 5.95 Å². The summed E-state index contributed by atoms with van der Waals surface area (Å²) in [6.07, 6.45) is 1.58. The second-order valence-corrected chi connectivity index (χ2v) is 13.0. The summed E-state index contributed by atoms with van der Waals surface area (Å²) < 4.78 is 73.7. The zero-order chi connectivity index (χ0) is 32.5. The Hall–Kier alpha value is -5.06. The number of benzene rings is 3. The van der Waals surface area contributed by atoms with E-state index in [0.29, 0.717) is 78.1 Å². The minimum atomic E-state index is -4.76. The molecule has 4 heterocycles. The quantitative estimate of drug-likeness (QED) is 0.181. The number of fused-ring (bicyclic) bond motifs is 1. The van der Waals surface area contributed by atoms with E-state index >= 15 is 0 Å². The molecule has 0 atom stereocenters. The van der Waals surface area contributed by atoms with Crippen molar-refractivity contribution in [3.05, 3.63) is 78.5 Å². The number of phenols is 1. The summed E-state index contributed by atoms with van der Waals surface area (Å²) in [6, 6.07) is 14.2. The molecule has 12 nitrogen and oxygen atoms in total. The summed E-state index contributed by atoms with van der Waals surface area (Å²) in [5.41, 5.74) is 1.35. The van der Waals surface area contributed by atoms with Crippen molar-refractivity contribution in [1.29, 1.82) is 0 Å². The Morgan fingerprint density at radius 3 is 2.43 bits per heavy atom. The fourth-order valence-electron chi connectivity index (χ4n) is 5.10. The molecule has 3 aromatic carbocycles. The molecule has 0 bridgehead atoms. The van der Waals surface area contributed by atoms with Crippen molar-refractivity contribution >= 4 is 43.8 Å². The highest BCUT2D eigenvalue weighted by Crippen LogP contribution is 2.45. The van der Waals surface area contributed by atoms with E-state index in [9.17, 15) is 22.3 Å². The second-order valence-electron chi connectivity index (χ2n) is 10.4. The lowest BCUT2D eigenvalue weighted by atomic mass is 10.1. The topological polar surface area (TPSA) is 148 Å². The van der Waals surface area contributed by atoms with Crippen LogP contribution in [0.2, 0.25) is 0 Å². The molecule has 2 aliphatic heterocycles. The van der Waals surface area contributed by atoms with Crippen molar-refractivity contribution in [3.8, 4) is 39.1 Å². The second kappa shape index (κ2) is 12.6. The number of anilines is 4. The predicted octanol–water partition coefficient (Wildman–Crippen LogP) is 5.40. The number of phenolic OH excluding ortho intramolecular Hbond substituents is 1. The molecule has 16 heteroatoms. The first-order valence-corrected chi connectivity index (χ1v) is 16.7. The highest BCUT2D eigenvalue weighted by atomic mass is 32.2. The maximum absolute atomic E-state index is 14.4. The van der Waals surface area contributed by atoms with Crippen LogP contribution in [0.15, 0.2) is 71.8 Å². The molecular weight excluding hydrogens is 655 g/mol. The third-order valence-electron chi connectivity index (χ3n) is 7.31. The lowest BCUT2D eigenvalue weighted by Gasteiger charge is -2.26. The van der Waals surface area contributed by atoms with Gasteiger partial charge in [0.1, 0.15) is 30.6 Å². The highest BCUT2D eigenvalue weighted by Gasteiger charge is 2.28. The largest absolute Gasteiger partial charge is 0.505 e. The van der Waals surface area contributed by atoms with E-state index in [-0.39, 0.29) is 17.2 Å². The molecule has 2 aliphatic rings. The zero-order valence-electron chi connectivity index (χ0n) is 24.4. The summed E-state index contributed by atoms with van der Waals surface area (Å²) >= 11 is 1.33. The van der Waals surface area contributed by atoms with Crippen LogP contribution in [-0.2, 0) is 14.8 Å². The maximum Gasteiger partial charge on any atom is 0.267 e. The Labute approximate surface area is 271 Å². The summed E-state index contributed by atoms with van der Waals surface area (Å²) in [6.45, 7) is 3.12. The van der Waals surface area contributed by atoms with Crippen LogP contribution in [0.3, 0.4) is 0 Å². The van der Waals surface area contributed by atoms with Crippen LogP contribution >= 0.6 is 11.3 Å². The number of aromatic hydroxyl groups is 1. The molecule has 47 heavy (non-hydrogen) atoms. The Balaban J connectivity index is 1.26. The number of nitrogens with zero attached hydrogens (tertiary/aromatic N) is 4. The number of morpholine rings is 1. The van der Waals surface area contributed by atoms with Crippen molar-refractivity contribution in [1.82, 2.24) is 15.0 Å². The van der Waals surface area contributed by atoms with E-state index in [2.05, 4.69) is 15.0 Å². The smallest absolute Gasteiger partial charge is 0.267 e. The summed E-state index contributed by atoms with van der Waals surface area (Å²) in [5, 5.41) is 15.2. The minimum absolute atomic E-state index is 0.171. The molecule has 0 spiro atoms. The fraction of sp³-hybridized carbons (Fsp3) is 0.194. The first-order chi connectivity index (χ1) is 22.8. The van der Waals surface area contributed by atoms with Gasteiger partial charge in [-0.15, -0.1) is 0 Å². The van der Waals surface area contributed by atoms with Crippen LogP contribution in [0, 0.1) is 11.6 Å². The molecule has 242 valence electrons.